The second kappa shape index (κ2) is 7.09. The van der Waals surface area contributed by atoms with Gasteiger partial charge in [0.1, 0.15) is 5.69 Å². The summed E-state index contributed by atoms with van der Waals surface area (Å²) in [6, 6.07) is 14.7. The first kappa shape index (κ1) is 16.5. The van der Waals surface area contributed by atoms with Gasteiger partial charge in [0.2, 0.25) is 5.91 Å². The summed E-state index contributed by atoms with van der Waals surface area (Å²) in [6.45, 7) is 2.35. The van der Waals surface area contributed by atoms with E-state index in [1.165, 1.54) is 0 Å². The second-order valence-corrected chi connectivity index (χ2v) is 6.54. The van der Waals surface area contributed by atoms with Crippen LogP contribution < -0.4 is 10.9 Å². The average molecular weight is 348 g/mol. The zero-order chi connectivity index (χ0) is 17.9. The fraction of sp³-hybridized carbons (Fsp3) is 0.250. The first-order valence-corrected chi connectivity index (χ1v) is 8.81. The largest absolute Gasteiger partial charge is 0.325 e. The first-order chi connectivity index (χ1) is 12.7. The van der Waals surface area contributed by atoms with Crippen LogP contribution in [0.1, 0.15) is 12.8 Å². The zero-order valence-corrected chi connectivity index (χ0v) is 14.4. The van der Waals surface area contributed by atoms with Gasteiger partial charge in [-0.15, -0.1) is 0 Å². The van der Waals surface area contributed by atoms with Crippen LogP contribution in [0.2, 0.25) is 0 Å². The highest BCUT2D eigenvalue weighted by molar-refractivity contribution is 5.93. The number of carbonyl (C=O) groups excluding carboxylic acids is 1. The van der Waals surface area contributed by atoms with Crippen LogP contribution in [-0.4, -0.2) is 40.4 Å². The molecule has 0 aliphatic carbocycles. The third kappa shape index (κ3) is 3.50. The van der Waals surface area contributed by atoms with E-state index in [1.807, 2.05) is 42.5 Å². The average Bonchev–Trinajstić information content (AvgIpc) is 3.14. The second-order valence-electron chi connectivity index (χ2n) is 6.54. The van der Waals surface area contributed by atoms with Crippen molar-refractivity contribution in [1.29, 1.82) is 0 Å². The van der Waals surface area contributed by atoms with Crippen LogP contribution in [0.15, 0.2) is 53.3 Å². The molecule has 1 fully saturated rings. The lowest BCUT2D eigenvalue weighted by atomic mass is 10.1. The number of nitrogens with zero attached hydrogens (tertiary/aromatic N) is 2. The Balaban J connectivity index is 1.58. The summed E-state index contributed by atoms with van der Waals surface area (Å²) in [6.07, 6.45) is 2.30. The molecule has 6 heteroatoms. The number of anilines is 1. The van der Waals surface area contributed by atoms with Crippen molar-refractivity contribution in [2.45, 2.75) is 12.8 Å². The van der Waals surface area contributed by atoms with Gasteiger partial charge in [-0.2, -0.15) is 0 Å². The van der Waals surface area contributed by atoms with Gasteiger partial charge in [0.15, 0.2) is 0 Å². The third-order valence-electron chi connectivity index (χ3n) is 4.59. The monoisotopic (exact) mass is 348 g/mol. The molecule has 3 aromatic rings. The number of hydrogen-bond acceptors (Lipinski definition) is 4. The SMILES string of the molecule is O=C(CN1CCCC1)Nc1cccc(-c2nc3ccccc3[nH]c2=O)c1. The molecule has 2 N–H and O–H groups in total. The molecule has 0 radical (unpaired) electrons. The molecule has 0 atom stereocenters. The predicted octanol–water partition coefficient (Wildman–Crippen LogP) is 2.62. The topological polar surface area (TPSA) is 78.1 Å². The highest BCUT2D eigenvalue weighted by Crippen LogP contribution is 2.20. The van der Waals surface area contributed by atoms with Gasteiger partial charge in [0.25, 0.3) is 5.56 Å². The molecular formula is C20H20N4O2. The van der Waals surface area contributed by atoms with E-state index in [9.17, 15) is 9.59 Å². The summed E-state index contributed by atoms with van der Waals surface area (Å²) >= 11 is 0. The fourth-order valence-corrected chi connectivity index (χ4v) is 3.31. The molecule has 132 valence electrons. The van der Waals surface area contributed by atoms with Crippen molar-refractivity contribution < 1.29 is 4.79 Å². The maximum absolute atomic E-state index is 12.4. The fourth-order valence-electron chi connectivity index (χ4n) is 3.31. The van der Waals surface area contributed by atoms with E-state index in [0.29, 0.717) is 29.0 Å². The Bertz CT molecular complexity index is 1010. The minimum atomic E-state index is -0.246. The van der Waals surface area contributed by atoms with Crippen LogP contribution in [0, 0.1) is 0 Å². The van der Waals surface area contributed by atoms with E-state index in [2.05, 4.69) is 20.2 Å². The molecule has 1 saturated heterocycles. The summed E-state index contributed by atoms with van der Waals surface area (Å²) in [7, 11) is 0. The highest BCUT2D eigenvalue weighted by Gasteiger charge is 2.15. The number of likely N-dealkylation sites (tertiary alicyclic amines) is 1. The molecule has 1 aromatic heterocycles. The zero-order valence-electron chi connectivity index (χ0n) is 14.4. The Hall–Kier alpha value is -2.99. The lowest BCUT2D eigenvalue weighted by Crippen LogP contribution is -2.30. The van der Waals surface area contributed by atoms with Crippen molar-refractivity contribution in [3.05, 3.63) is 58.9 Å². The quantitative estimate of drug-likeness (QED) is 0.760. The van der Waals surface area contributed by atoms with Crippen LogP contribution >= 0.6 is 0 Å². The molecule has 1 amide bonds. The number of aromatic nitrogens is 2. The van der Waals surface area contributed by atoms with Gasteiger partial charge in [0.05, 0.1) is 17.6 Å². The summed E-state index contributed by atoms with van der Waals surface area (Å²) in [5.41, 5.74) is 2.88. The molecule has 1 aliphatic rings. The highest BCUT2D eigenvalue weighted by atomic mass is 16.2. The number of H-pyrrole nitrogens is 1. The lowest BCUT2D eigenvalue weighted by molar-refractivity contribution is -0.117. The van der Waals surface area contributed by atoms with Gasteiger partial charge >= 0.3 is 0 Å². The molecule has 0 bridgehead atoms. The summed E-state index contributed by atoms with van der Waals surface area (Å²) in [5.74, 6) is -0.0376. The van der Waals surface area contributed by atoms with Crippen LogP contribution in [0.3, 0.4) is 0 Å². The predicted molar refractivity (Wildman–Crippen MR) is 102 cm³/mol. The number of benzene rings is 2. The number of amides is 1. The maximum Gasteiger partial charge on any atom is 0.274 e. The number of nitrogens with one attached hydrogen (secondary N) is 2. The molecule has 26 heavy (non-hydrogen) atoms. The number of carbonyl (C=O) groups is 1. The summed E-state index contributed by atoms with van der Waals surface area (Å²) < 4.78 is 0. The van der Waals surface area contributed by atoms with Crippen molar-refractivity contribution in [3.8, 4) is 11.3 Å². The van der Waals surface area contributed by atoms with Gasteiger partial charge in [-0.05, 0) is 50.2 Å². The van der Waals surface area contributed by atoms with Crippen molar-refractivity contribution >= 4 is 22.6 Å². The number of hydrogen-bond donors (Lipinski definition) is 2. The molecule has 0 spiro atoms. The van der Waals surface area contributed by atoms with E-state index in [0.717, 1.165) is 31.4 Å². The normalized spacial score (nSPS) is 14.6. The Labute approximate surface area is 150 Å². The Kier molecular flexibility index (Phi) is 4.50. The third-order valence-corrected chi connectivity index (χ3v) is 4.59. The smallest absolute Gasteiger partial charge is 0.274 e. The number of fused-ring (bicyclic) bond motifs is 1. The number of para-hydroxylation sites is 2. The van der Waals surface area contributed by atoms with Crippen LogP contribution in [0.4, 0.5) is 5.69 Å². The molecule has 4 rings (SSSR count). The van der Waals surface area contributed by atoms with Crippen LogP contribution in [-0.2, 0) is 4.79 Å². The van der Waals surface area contributed by atoms with Crippen LogP contribution in [0.5, 0.6) is 0 Å². The Morgan fingerprint density at radius 2 is 1.92 bits per heavy atom. The maximum atomic E-state index is 12.4. The number of aromatic amines is 1. The molecule has 6 nitrogen and oxygen atoms in total. The van der Waals surface area contributed by atoms with Crippen molar-refractivity contribution in [2.24, 2.45) is 0 Å². The Morgan fingerprint density at radius 1 is 1.12 bits per heavy atom. The van der Waals surface area contributed by atoms with Crippen molar-refractivity contribution in [1.82, 2.24) is 14.9 Å². The van der Waals surface area contributed by atoms with E-state index < -0.39 is 0 Å². The van der Waals surface area contributed by atoms with Crippen LogP contribution in [0.25, 0.3) is 22.3 Å². The molecule has 0 unspecified atom stereocenters. The minimum Gasteiger partial charge on any atom is -0.325 e. The van der Waals surface area contributed by atoms with E-state index in [1.54, 1.807) is 6.07 Å². The Morgan fingerprint density at radius 3 is 2.77 bits per heavy atom. The summed E-state index contributed by atoms with van der Waals surface area (Å²) in [5, 5.41) is 2.91. The van der Waals surface area contributed by atoms with Crippen molar-refractivity contribution in [2.75, 3.05) is 25.0 Å². The minimum absolute atomic E-state index is 0.0376. The van der Waals surface area contributed by atoms with Gasteiger partial charge < -0.3 is 10.3 Å². The summed E-state index contributed by atoms with van der Waals surface area (Å²) in [4.78, 5) is 34.1. The molecule has 2 heterocycles. The van der Waals surface area contributed by atoms with Gasteiger partial charge in [-0.25, -0.2) is 4.98 Å². The molecular weight excluding hydrogens is 328 g/mol. The lowest BCUT2D eigenvalue weighted by Gasteiger charge is -2.14. The molecule has 1 aliphatic heterocycles. The van der Waals surface area contributed by atoms with E-state index in [4.69, 9.17) is 0 Å². The first-order valence-electron chi connectivity index (χ1n) is 8.81. The van der Waals surface area contributed by atoms with Crippen molar-refractivity contribution in [3.63, 3.8) is 0 Å². The van der Waals surface area contributed by atoms with E-state index in [-0.39, 0.29) is 11.5 Å². The van der Waals surface area contributed by atoms with E-state index >= 15 is 0 Å². The van der Waals surface area contributed by atoms with Gasteiger partial charge in [-0.1, -0.05) is 24.3 Å². The molecule has 2 aromatic carbocycles. The standard InChI is InChI=1S/C20H20N4O2/c25-18(13-24-10-3-4-11-24)21-15-7-5-6-14(12-15)19-20(26)23-17-9-2-1-8-16(17)22-19/h1-2,5-9,12H,3-4,10-11,13H2,(H,21,25)(H,23,26). The molecule has 0 saturated carbocycles. The van der Waals surface area contributed by atoms with Gasteiger partial charge in [-0.3, -0.25) is 14.5 Å². The van der Waals surface area contributed by atoms with Gasteiger partial charge in [0, 0.05) is 11.3 Å². The number of rotatable bonds is 4.